The number of aromatic nitrogens is 2. The molecular formula is C26H32ClN3O4. The fourth-order valence-corrected chi connectivity index (χ4v) is 3.66. The molecule has 0 spiro atoms. The van der Waals surface area contributed by atoms with E-state index in [2.05, 4.69) is 30.9 Å². The summed E-state index contributed by atoms with van der Waals surface area (Å²) in [5.74, 6) is 2.45. The van der Waals surface area contributed by atoms with Crippen LogP contribution in [0.15, 0.2) is 47.0 Å². The van der Waals surface area contributed by atoms with Crippen LogP contribution < -0.4 is 9.47 Å². The first-order chi connectivity index (χ1) is 16.2. The third-order valence-corrected chi connectivity index (χ3v) is 5.57. The molecule has 1 amide bonds. The highest BCUT2D eigenvalue weighted by Crippen LogP contribution is 2.28. The van der Waals surface area contributed by atoms with Gasteiger partial charge in [-0.2, -0.15) is 4.98 Å². The van der Waals surface area contributed by atoms with Crippen molar-refractivity contribution in [1.29, 1.82) is 0 Å². The van der Waals surface area contributed by atoms with Crippen LogP contribution in [0.1, 0.15) is 38.6 Å². The quantitative estimate of drug-likeness (QED) is 0.379. The normalized spacial score (nSPS) is 11.4. The molecule has 0 saturated heterocycles. The molecule has 2 aromatic carbocycles. The van der Waals surface area contributed by atoms with Crippen LogP contribution in [-0.2, 0) is 17.6 Å². The lowest BCUT2D eigenvalue weighted by molar-refractivity contribution is -0.133. The van der Waals surface area contributed by atoms with Crippen LogP contribution in [0.5, 0.6) is 11.5 Å². The predicted octanol–water partition coefficient (Wildman–Crippen LogP) is 5.46. The van der Waals surface area contributed by atoms with Crippen molar-refractivity contribution in [2.24, 2.45) is 5.41 Å². The second-order valence-corrected chi connectivity index (χ2v) is 9.76. The maximum atomic E-state index is 13.1. The van der Waals surface area contributed by atoms with Crippen molar-refractivity contribution in [3.63, 3.8) is 0 Å². The molecule has 0 unspecified atom stereocenters. The van der Waals surface area contributed by atoms with Gasteiger partial charge in [0.1, 0.15) is 0 Å². The van der Waals surface area contributed by atoms with Gasteiger partial charge < -0.3 is 18.9 Å². The Kier molecular flexibility index (Phi) is 8.56. The summed E-state index contributed by atoms with van der Waals surface area (Å²) >= 11 is 5.96. The average Bonchev–Trinajstić information content (AvgIpc) is 3.27. The van der Waals surface area contributed by atoms with E-state index in [1.54, 1.807) is 26.4 Å². The van der Waals surface area contributed by atoms with Crippen molar-refractivity contribution < 1.29 is 18.8 Å². The zero-order valence-electron chi connectivity index (χ0n) is 20.4. The zero-order chi connectivity index (χ0) is 24.7. The van der Waals surface area contributed by atoms with Crippen molar-refractivity contribution in [2.75, 3.05) is 27.3 Å². The standard InChI is InChI=1S/C26H32ClN3O4/c1-26(2,3)17-24(31)30(14-12-18-6-11-21(32-4)22(16-18)33-5)15-13-23-28-25(29-34-23)19-7-9-20(27)10-8-19/h6-11,16H,12-15,17H2,1-5H3. The molecule has 1 heterocycles. The van der Waals surface area contributed by atoms with E-state index in [4.69, 9.17) is 25.6 Å². The Hall–Kier alpha value is -3.06. The maximum Gasteiger partial charge on any atom is 0.228 e. The lowest BCUT2D eigenvalue weighted by Crippen LogP contribution is -2.36. The molecule has 0 radical (unpaired) electrons. The first-order valence-electron chi connectivity index (χ1n) is 11.3. The van der Waals surface area contributed by atoms with Gasteiger partial charge in [-0.25, -0.2) is 0 Å². The van der Waals surface area contributed by atoms with Crippen molar-refractivity contribution in [2.45, 2.75) is 40.0 Å². The molecule has 0 aliphatic carbocycles. The van der Waals surface area contributed by atoms with Gasteiger partial charge in [0.05, 0.1) is 14.2 Å². The molecule has 7 nitrogen and oxygen atoms in total. The first-order valence-corrected chi connectivity index (χ1v) is 11.6. The summed E-state index contributed by atoms with van der Waals surface area (Å²) in [6, 6.07) is 13.1. The van der Waals surface area contributed by atoms with Crippen LogP contribution in [0, 0.1) is 5.41 Å². The van der Waals surface area contributed by atoms with E-state index >= 15 is 0 Å². The number of carbonyl (C=O) groups is 1. The van der Waals surface area contributed by atoms with Gasteiger partial charge in [-0.05, 0) is 53.8 Å². The number of nitrogens with zero attached hydrogens (tertiary/aromatic N) is 3. The van der Waals surface area contributed by atoms with Gasteiger partial charge in [-0.3, -0.25) is 4.79 Å². The van der Waals surface area contributed by atoms with Crippen molar-refractivity contribution >= 4 is 17.5 Å². The first kappa shape index (κ1) is 25.6. The number of rotatable bonds is 10. The largest absolute Gasteiger partial charge is 0.493 e. The van der Waals surface area contributed by atoms with E-state index < -0.39 is 0 Å². The summed E-state index contributed by atoms with van der Waals surface area (Å²) in [6.45, 7) is 7.25. The number of methoxy groups -OCH3 is 2. The Bertz CT molecular complexity index is 1090. The number of amides is 1. The lowest BCUT2D eigenvalue weighted by Gasteiger charge is -2.26. The van der Waals surface area contributed by atoms with Gasteiger partial charge >= 0.3 is 0 Å². The Labute approximate surface area is 206 Å². The van der Waals surface area contributed by atoms with E-state index in [1.165, 1.54) is 0 Å². The third kappa shape index (κ3) is 7.22. The van der Waals surface area contributed by atoms with Gasteiger partial charge in [-0.15, -0.1) is 0 Å². The van der Waals surface area contributed by atoms with Crippen molar-refractivity contribution in [3.8, 4) is 22.9 Å². The average molecular weight is 486 g/mol. The summed E-state index contributed by atoms with van der Waals surface area (Å²) in [5, 5.41) is 4.72. The van der Waals surface area contributed by atoms with Crippen LogP contribution >= 0.6 is 11.6 Å². The van der Waals surface area contributed by atoms with Crippen LogP contribution in [-0.4, -0.2) is 48.3 Å². The van der Waals surface area contributed by atoms with E-state index in [1.807, 2.05) is 35.2 Å². The Morgan fingerprint density at radius 1 is 1.00 bits per heavy atom. The van der Waals surface area contributed by atoms with E-state index in [0.29, 0.717) is 60.6 Å². The molecule has 0 aliphatic rings. The smallest absolute Gasteiger partial charge is 0.228 e. The second kappa shape index (κ2) is 11.4. The summed E-state index contributed by atoms with van der Waals surface area (Å²) in [6.07, 6.45) is 1.62. The van der Waals surface area contributed by atoms with Crippen molar-refractivity contribution in [3.05, 3.63) is 58.9 Å². The molecule has 1 aromatic heterocycles. The summed E-state index contributed by atoms with van der Waals surface area (Å²) < 4.78 is 16.2. The number of ether oxygens (including phenoxy) is 2. The highest BCUT2D eigenvalue weighted by atomic mass is 35.5. The molecule has 8 heteroatoms. The van der Waals surface area contributed by atoms with E-state index in [9.17, 15) is 4.79 Å². The highest BCUT2D eigenvalue weighted by Gasteiger charge is 2.22. The van der Waals surface area contributed by atoms with Gasteiger partial charge in [0.15, 0.2) is 11.5 Å². The van der Waals surface area contributed by atoms with Crippen LogP contribution in [0.3, 0.4) is 0 Å². The highest BCUT2D eigenvalue weighted by molar-refractivity contribution is 6.30. The number of hydrogen-bond acceptors (Lipinski definition) is 6. The minimum absolute atomic E-state index is 0.102. The number of benzene rings is 2. The summed E-state index contributed by atoms with van der Waals surface area (Å²) in [4.78, 5) is 19.4. The van der Waals surface area contributed by atoms with Gasteiger partial charge in [0.25, 0.3) is 0 Å². The van der Waals surface area contributed by atoms with Crippen LogP contribution in [0.25, 0.3) is 11.4 Å². The predicted molar refractivity (Wildman–Crippen MR) is 132 cm³/mol. The monoisotopic (exact) mass is 485 g/mol. The Morgan fingerprint density at radius 3 is 2.32 bits per heavy atom. The van der Waals surface area contributed by atoms with E-state index in [-0.39, 0.29) is 11.3 Å². The number of hydrogen-bond donors (Lipinski definition) is 0. The third-order valence-electron chi connectivity index (χ3n) is 5.32. The van der Waals surface area contributed by atoms with Crippen molar-refractivity contribution in [1.82, 2.24) is 15.0 Å². The van der Waals surface area contributed by atoms with Crippen LogP contribution in [0.4, 0.5) is 0 Å². The molecule has 0 aliphatic heterocycles. The molecule has 0 saturated carbocycles. The lowest BCUT2D eigenvalue weighted by atomic mass is 9.91. The minimum Gasteiger partial charge on any atom is -0.493 e. The molecule has 3 aromatic rings. The second-order valence-electron chi connectivity index (χ2n) is 9.33. The molecule has 0 atom stereocenters. The Balaban J connectivity index is 1.68. The summed E-state index contributed by atoms with van der Waals surface area (Å²) in [5.41, 5.74) is 1.78. The fraction of sp³-hybridized carbons (Fsp3) is 0.423. The van der Waals surface area contributed by atoms with Crippen LogP contribution in [0.2, 0.25) is 5.02 Å². The Morgan fingerprint density at radius 2 is 1.68 bits per heavy atom. The van der Waals surface area contributed by atoms with Gasteiger partial charge in [0, 0.05) is 36.5 Å². The SMILES string of the molecule is COc1ccc(CCN(CCc2nc(-c3ccc(Cl)cc3)no2)C(=O)CC(C)(C)C)cc1OC. The molecular weight excluding hydrogens is 454 g/mol. The number of halogens is 1. The minimum atomic E-state index is -0.106. The zero-order valence-corrected chi connectivity index (χ0v) is 21.2. The molecule has 182 valence electrons. The topological polar surface area (TPSA) is 77.7 Å². The van der Waals surface area contributed by atoms with Gasteiger partial charge in [0.2, 0.25) is 17.6 Å². The maximum absolute atomic E-state index is 13.1. The molecule has 3 rings (SSSR count). The van der Waals surface area contributed by atoms with Gasteiger partial charge in [-0.1, -0.05) is 43.6 Å². The fourth-order valence-electron chi connectivity index (χ4n) is 3.53. The molecule has 0 N–H and O–H groups in total. The molecule has 0 fully saturated rings. The van der Waals surface area contributed by atoms with E-state index in [0.717, 1.165) is 11.1 Å². The summed E-state index contributed by atoms with van der Waals surface area (Å²) in [7, 11) is 3.23. The molecule has 34 heavy (non-hydrogen) atoms. The molecule has 0 bridgehead atoms. The number of carbonyl (C=O) groups excluding carboxylic acids is 1.